The van der Waals surface area contributed by atoms with Crippen LogP contribution in [-0.4, -0.2) is 49.6 Å². The first-order valence-corrected chi connectivity index (χ1v) is 8.29. The maximum absolute atomic E-state index is 12.7. The van der Waals surface area contributed by atoms with E-state index in [4.69, 9.17) is 4.74 Å². The number of hydrogen-bond acceptors (Lipinski definition) is 4. The Balaban J connectivity index is 1.62. The van der Waals surface area contributed by atoms with Gasteiger partial charge in [0, 0.05) is 24.5 Å². The van der Waals surface area contributed by atoms with E-state index in [1.54, 1.807) is 11.0 Å². The van der Waals surface area contributed by atoms with Crippen LogP contribution < -0.4 is 10.6 Å². The molecule has 130 valence electrons. The first-order valence-electron chi connectivity index (χ1n) is 8.29. The molecule has 1 heterocycles. The molecule has 0 unspecified atom stereocenters. The lowest BCUT2D eigenvalue weighted by Crippen LogP contribution is -2.41. The Morgan fingerprint density at radius 1 is 0.960 bits per heavy atom. The zero-order valence-corrected chi connectivity index (χ0v) is 13.9. The van der Waals surface area contributed by atoms with Gasteiger partial charge in [0.25, 0.3) is 5.91 Å². The summed E-state index contributed by atoms with van der Waals surface area (Å²) in [4.78, 5) is 26.5. The van der Waals surface area contributed by atoms with E-state index in [1.165, 1.54) is 0 Å². The van der Waals surface area contributed by atoms with Crippen LogP contribution in [0.4, 0.5) is 11.4 Å². The first-order chi connectivity index (χ1) is 12.2. The standard InChI is InChI=1S/C19H21N3O3/c23-18(21-15-6-2-1-3-7-15)14-20-17-9-5-4-8-16(17)19(24)22-10-12-25-13-11-22/h1-9,20H,10-14H2,(H,21,23). The van der Waals surface area contributed by atoms with Crippen LogP contribution >= 0.6 is 0 Å². The van der Waals surface area contributed by atoms with Crippen molar-refractivity contribution in [3.63, 3.8) is 0 Å². The van der Waals surface area contributed by atoms with Crippen molar-refractivity contribution in [3.05, 3.63) is 60.2 Å². The first kappa shape index (κ1) is 17.0. The number of benzene rings is 2. The Hall–Kier alpha value is -2.86. The van der Waals surface area contributed by atoms with Crippen LogP contribution in [0.15, 0.2) is 54.6 Å². The number of amides is 2. The SMILES string of the molecule is O=C(CNc1ccccc1C(=O)N1CCOCC1)Nc1ccccc1. The van der Waals surface area contributed by atoms with Gasteiger partial charge >= 0.3 is 0 Å². The number of hydrogen-bond donors (Lipinski definition) is 2. The number of morpholine rings is 1. The highest BCUT2D eigenvalue weighted by Crippen LogP contribution is 2.18. The van der Waals surface area contributed by atoms with E-state index >= 15 is 0 Å². The molecule has 2 aromatic rings. The fourth-order valence-electron chi connectivity index (χ4n) is 2.66. The van der Waals surface area contributed by atoms with Crippen molar-refractivity contribution in [1.82, 2.24) is 4.90 Å². The van der Waals surface area contributed by atoms with Gasteiger partial charge in [-0.15, -0.1) is 0 Å². The summed E-state index contributed by atoms with van der Waals surface area (Å²) < 4.78 is 5.29. The number of nitrogens with zero attached hydrogens (tertiary/aromatic N) is 1. The number of carbonyl (C=O) groups excluding carboxylic acids is 2. The maximum Gasteiger partial charge on any atom is 0.256 e. The van der Waals surface area contributed by atoms with Gasteiger partial charge in [-0.05, 0) is 24.3 Å². The summed E-state index contributed by atoms with van der Waals surface area (Å²) in [7, 11) is 0. The van der Waals surface area contributed by atoms with Gasteiger partial charge < -0.3 is 20.3 Å². The summed E-state index contributed by atoms with van der Waals surface area (Å²) >= 11 is 0. The molecule has 0 aliphatic carbocycles. The normalized spacial score (nSPS) is 14.0. The predicted octanol–water partition coefficient (Wildman–Crippen LogP) is 2.21. The highest BCUT2D eigenvalue weighted by Gasteiger charge is 2.20. The lowest BCUT2D eigenvalue weighted by Gasteiger charge is -2.27. The van der Waals surface area contributed by atoms with Crippen molar-refractivity contribution in [2.45, 2.75) is 0 Å². The summed E-state index contributed by atoms with van der Waals surface area (Å²) in [5, 5.41) is 5.87. The van der Waals surface area contributed by atoms with Gasteiger partial charge in [-0.2, -0.15) is 0 Å². The van der Waals surface area contributed by atoms with Crippen LogP contribution in [-0.2, 0) is 9.53 Å². The number of anilines is 2. The number of rotatable bonds is 5. The largest absolute Gasteiger partial charge is 0.378 e. The molecular formula is C19H21N3O3. The van der Waals surface area contributed by atoms with Gasteiger partial charge in [0.2, 0.25) is 5.91 Å². The second-order valence-electron chi connectivity index (χ2n) is 5.72. The molecule has 0 aromatic heterocycles. The molecule has 0 bridgehead atoms. The summed E-state index contributed by atoms with van der Waals surface area (Å²) in [5.41, 5.74) is 1.96. The Morgan fingerprint density at radius 2 is 1.64 bits per heavy atom. The van der Waals surface area contributed by atoms with Crippen LogP contribution in [0, 0.1) is 0 Å². The average molecular weight is 339 g/mol. The molecule has 25 heavy (non-hydrogen) atoms. The van der Waals surface area contributed by atoms with Crippen LogP contribution in [0.3, 0.4) is 0 Å². The second-order valence-corrected chi connectivity index (χ2v) is 5.72. The van der Waals surface area contributed by atoms with E-state index in [-0.39, 0.29) is 18.4 Å². The van der Waals surface area contributed by atoms with Crippen LogP contribution in [0.25, 0.3) is 0 Å². The molecule has 0 radical (unpaired) electrons. The van der Waals surface area contributed by atoms with E-state index in [9.17, 15) is 9.59 Å². The molecule has 2 aromatic carbocycles. The minimum Gasteiger partial charge on any atom is -0.378 e. The van der Waals surface area contributed by atoms with Gasteiger partial charge in [-0.25, -0.2) is 0 Å². The number of para-hydroxylation sites is 2. The molecule has 6 heteroatoms. The smallest absolute Gasteiger partial charge is 0.256 e. The van der Waals surface area contributed by atoms with Crippen molar-refractivity contribution in [2.75, 3.05) is 43.5 Å². The molecule has 1 saturated heterocycles. The maximum atomic E-state index is 12.7. The summed E-state index contributed by atoms with van der Waals surface area (Å²) in [6, 6.07) is 16.5. The third-order valence-corrected chi connectivity index (χ3v) is 3.95. The molecule has 0 spiro atoms. The molecule has 0 atom stereocenters. The van der Waals surface area contributed by atoms with Crippen LogP contribution in [0.5, 0.6) is 0 Å². The Morgan fingerprint density at radius 3 is 2.40 bits per heavy atom. The number of nitrogens with one attached hydrogen (secondary N) is 2. The predicted molar refractivity (Wildman–Crippen MR) is 96.7 cm³/mol. The van der Waals surface area contributed by atoms with Crippen LogP contribution in [0.1, 0.15) is 10.4 Å². The van der Waals surface area contributed by atoms with Gasteiger partial charge in [0.15, 0.2) is 0 Å². The molecule has 2 amide bonds. The Bertz CT molecular complexity index is 728. The summed E-state index contributed by atoms with van der Waals surface area (Å²) in [6.07, 6.45) is 0. The zero-order chi connectivity index (χ0) is 17.5. The number of carbonyl (C=O) groups is 2. The van der Waals surface area contributed by atoms with E-state index in [0.29, 0.717) is 37.6 Å². The van der Waals surface area contributed by atoms with Gasteiger partial charge in [-0.1, -0.05) is 30.3 Å². The van der Waals surface area contributed by atoms with Crippen LogP contribution in [0.2, 0.25) is 0 Å². The van der Waals surface area contributed by atoms with Crippen molar-refractivity contribution in [1.29, 1.82) is 0 Å². The van der Waals surface area contributed by atoms with E-state index in [1.807, 2.05) is 48.5 Å². The van der Waals surface area contributed by atoms with Crippen molar-refractivity contribution in [3.8, 4) is 0 Å². The zero-order valence-electron chi connectivity index (χ0n) is 13.9. The molecule has 3 rings (SSSR count). The minimum atomic E-state index is -0.167. The van der Waals surface area contributed by atoms with Gasteiger partial charge in [-0.3, -0.25) is 9.59 Å². The molecule has 1 aliphatic rings. The molecular weight excluding hydrogens is 318 g/mol. The van der Waals surface area contributed by atoms with Crippen molar-refractivity contribution < 1.29 is 14.3 Å². The third kappa shape index (κ3) is 4.58. The fourth-order valence-corrected chi connectivity index (χ4v) is 2.66. The van der Waals surface area contributed by atoms with E-state index in [0.717, 1.165) is 5.69 Å². The third-order valence-electron chi connectivity index (χ3n) is 3.95. The topological polar surface area (TPSA) is 70.7 Å². The lowest BCUT2D eigenvalue weighted by atomic mass is 10.1. The minimum absolute atomic E-state index is 0.0464. The number of ether oxygens (including phenoxy) is 1. The second kappa shape index (κ2) is 8.30. The highest BCUT2D eigenvalue weighted by atomic mass is 16.5. The Kier molecular flexibility index (Phi) is 5.64. The van der Waals surface area contributed by atoms with Gasteiger partial charge in [0.1, 0.15) is 0 Å². The fraction of sp³-hybridized carbons (Fsp3) is 0.263. The van der Waals surface area contributed by atoms with Crippen molar-refractivity contribution in [2.24, 2.45) is 0 Å². The molecule has 1 fully saturated rings. The monoisotopic (exact) mass is 339 g/mol. The van der Waals surface area contributed by atoms with Crippen molar-refractivity contribution >= 4 is 23.2 Å². The highest BCUT2D eigenvalue weighted by molar-refractivity contribution is 6.01. The molecule has 1 aliphatic heterocycles. The molecule has 6 nitrogen and oxygen atoms in total. The quantitative estimate of drug-likeness (QED) is 0.876. The van der Waals surface area contributed by atoms with Gasteiger partial charge in [0.05, 0.1) is 25.3 Å². The lowest BCUT2D eigenvalue weighted by molar-refractivity contribution is -0.114. The summed E-state index contributed by atoms with van der Waals surface area (Å²) in [6.45, 7) is 2.37. The summed E-state index contributed by atoms with van der Waals surface area (Å²) in [5.74, 6) is -0.213. The van der Waals surface area contributed by atoms with E-state index in [2.05, 4.69) is 10.6 Å². The molecule has 2 N–H and O–H groups in total. The Labute approximate surface area is 146 Å². The molecule has 0 saturated carbocycles. The van der Waals surface area contributed by atoms with E-state index < -0.39 is 0 Å². The average Bonchev–Trinajstić information content (AvgIpc) is 2.67.